The maximum absolute atomic E-state index is 12.9. The Morgan fingerprint density at radius 1 is 1.39 bits per heavy atom. The highest BCUT2D eigenvalue weighted by atomic mass is 16.5. The maximum Gasteiger partial charge on any atom is 0.245 e. The lowest BCUT2D eigenvalue weighted by molar-refractivity contribution is -0.124. The van der Waals surface area contributed by atoms with Crippen molar-refractivity contribution >= 4 is 5.91 Å². The van der Waals surface area contributed by atoms with Gasteiger partial charge in [-0.15, -0.1) is 17.4 Å². The van der Waals surface area contributed by atoms with E-state index in [9.17, 15) is 4.79 Å². The van der Waals surface area contributed by atoms with Crippen LogP contribution in [0.1, 0.15) is 36.7 Å². The number of tetrazole rings is 1. The zero-order valence-corrected chi connectivity index (χ0v) is 16.0. The Morgan fingerprint density at radius 3 is 2.86 bits per heavy atom. The van der Waals surface area contributed by atoms with Crippen LogP contribution < -0.4 is 10.1 Å². The fraction of sp³-hybridized carbons (Fsp3) is 0.474. The molecule has 0 fully saturated rings. The second-order valence-corrected chi connectivity index (χ2v) is 6.67. The van der Waals surface area contributed by atoms with Crippen LogP contribution in [-0.2, 0) is 11.2 Å². The molecule has 0 radical (unpaired) electrons. The van der Waals surface area contributed by atoms with Gasteiger partial charge < -0.3 is 10.1 Å². The summed E-state index contributed by atoms with van der Waals surface area (Å²) in [4.78, 5) is 12.9. The molecule has 2 heterocycles. The van der Waals surface area contributed by atoms with E-state index in [0.717, 1.165) is 11.3 Å². The molecule has 3 rings (SSSR count). The number of nitrogens with one attached hydrogen (secondary N) is 1. The van der Waals surface area contributed by atoms with E-state index in [1.807, 2.05) is 24.3 Å². The van der Waals surface area contributed by atoms with Crippen molar-refractivity contribution in [3.8, 4) is 18.1 Å². The van der Waals surface area contributed by atoms with Crippen molar-refractivity contribution in [1.29, 1.82) is 0 Å². The van der Waals surface area contributed by atoms with E-state index in [1.54, 1.807) is 14.0 Å². The van der Waals surface area contributed by atoms with Gasteiger partial charge in [-0.3, -0.25) is 4.79 Å². The summed E-state index contributed by atoms with van der Waals surface area (Å²) in [6.45, 7) is 2.22. The lowest BCUT2D eigenvalue weighted by atomic mass is 10.0. The Labute approximate surface area is 163 Å². The summed E-state index contributed by atoms with van der Waals surface area (Å²) in [6, 6.07) is 7.02. The van der Waals surface area contributed by atoms with Crippen molar-refractivity contribution in [2.24, 2.45) is 10.2 Å². The Morgan fingerprint density at radius 2 is 2.21 bits per heavy atom. The Bertz CT molecular complexity index is 894. The number of amides is 1. The molecule has 0 bridgehead atoms. The molecule has 9 heteroatoms. The van der Waals surface area contributed by atoms with E-state index in [-0.39, 0.29) is 5.91 Å². The monoisotopic (exact) mass is 381 g/mol. The highest BCUT2D eigenvalue weighted by Crippen LogP contribution is 2.36. The molecule has 1 aliphatic heterocycles. The minimum atomic E-state index is -0.572. The number of aryl methyl sites for hydroxylation is 1. The minimum absolute atomic E-state index is 0.161. The van der Waals surface area contributed by atoms with Crippen molar-refractivity contribution in [1.82, 2.24) is 25.5 Å². The van der Waals surface area contributed by atoms with Gasteiger partial charge in [0.25, 0.3) is 0 Å². The number of terminal acetylenes is 1. The molecule has 0 spiro atoms. The summed E-state index contributed by atoms with van der Waals surface area (Å²) < 4.78 is 6.81. The topological polar surface area (TPSA) is 107 Å². The van der Waals surface area contributed by atoms with Gasteiger partial charge in [0.05, 0.1) is 7.11 Å². The van der Waals surface area contributed by atoms with Gasteiger partial charge in [0.15, 0.2) is 5.66 Å². The summed E-state index contributed by atoms with van der Waals surface area (Å²) in [5.41, 5.74) is 0.527. The summed E-state index contributed by atoms with van der Waals surface area (Å²) in [6.07, 6.45) is 7.69. The molecule has 0 saturated carbocycles. The van der Waals surface area contributed by atoms with E-state index < -0.39 is 11.7 Å². The van der Waals surface area contributed by atoms with Crippen molar-refractivity contribution in [2.75, 3.05) is 13.7 Å². The average molecular weight is 381 g/mol. The fourth-order valence-electron chi connectivity index (χ4n) is 3.01. The zero-order chi connectivity index (χ0) is 20.0. The third kappa shape index (κ3) is 4.71. The molecule has 1 aromatic carbocycles. The van der Waals surface area contributed by atoms with Crippen LogP contribution >= 0.6 is 0 Å². The Kier molecular flexibility index (Phi) is 5.99. The van der Waals surface area contributed by atoms with Crippen LogP contribution in [0.5, 0.6) is 5.75 Å². The standard InChI is InChI=1S/C19H23N7O2/c1-4-5-9-19(22-23-19)10-11-20-18(27)17(26-14(2)21-24-25-26)13-15-7-6-8-16(12-15)28-3/h1,6-8,12,17H,5,9-11,13H2,2-3H3,(H,20,27). The van der Waals surface area contributed by atoms with E-state index in [1.165, 1.54) is 4.68 Å². The predicted octanol–water partition coefficient (Wildman–Crippen LogP) is 1.86. The molecule has 1 amide bonds. The van der Waals surface area contributed by atoms with Crippen LogP contribution in [0.2, 0.25) is 0 Å². The van der Waals surface area contributed by atoms with Gasteiger partial charge in [-0.1, -0.05) is 12.1 Å². The Balaban J connectivity index is 1.66. The molecule has 1 N–H and O–H groups in total. The number of benzene rings is 1. The molecule has 9 nitrogen and oxygen atoms in total. The van der Waals surface area contributed by atoms with E-state index in [2.05, 4.69) is 37.0 Å². The van der Waals surface area contributed by atoms with Crippen molar-refractivity contribution in [3.63, 3.8) is 0 Å². The first-order valence-corrected chi connectivity index (χ1v) is 9.09. The summed E-state index contributed by atoms with van der Waals surface area (Å²) in [7, 11) is 1.61. The quantitative estimate of drug-likeness (QED) is 0.632. The average Bonchev–Trinajstić information content (AvgIpc) is 3.35. The number of methoxy groups -OCH3 is 1. The van der Waals surface area contributed by atoms with Crippen LogP contribution in [-0.4, -0.2) is 45.4 Å². The summed E-state index contributed by atoms with van der Waals surface area (Å²) in [5, 5.41) is 22.7. The second kappa shape index (κ2) is 8.61. The SMILES string of the molecule is C#CCCC1(CCNC(=O)C(Cc2cccc(OC)c2)n2nnnc2C)N=N1. The number of nitrogens with zero attached hydrogens (tertiary/aromatic N) is 6. The lowest BCUT2D eigenvalue weighted by Gasteiger charge is -2.18. The third-order valence-corrected chi connectivity index (χ3v) is 4.70. The molecule has 0 aliphatic carbocycles. The third-order valence-electron chi connectivity index (χ3n) is 4.70. The van der Waals surface area contributed by atoms with Crippen molar-refractivity contribution in [3.05, 3.63) is 35.7 Å². The highest BCUT2D eigenvalue weighted by Gasteiger charge is 2.38. The molecular formula is C19H23N7O2. The van der Waals surface area contributed by atoms with Crippen LogP contribution in [0.3, 0.4) is 0 Å². The van der Waals surface area contributed by atoms with Crippen LogP contribution in [0.4, 0.5) is 0 Å². The van der Waals surface area contributed by atoms with E-state index >= 15 is 0 Å². The van der Waals surface area contributed by atoms with Gasteiger partial charge in [-0.2, -0.15) is 10.2 Å². The molecule has 1 unspecified atom stereocenters. The van der Waals surface area contributed by atoms with Gasteiger partial charge in [-0.25, -0.2) is 4.68 Å². The van der Waals surface area contributed by atoms with E-state index in [4.69, 9.17) is 11.2 Å². The Hall–Kier alpha value is -3.28. The second-order valence-electron chi connectivity index (χ2n) is 6.67. The molecule has 2 aromatic rings. The first-order chi connectivity index (χ1) is 13.6. The number of rotatable bonds is 10. The summed E-state index contributed by atoms with van der Waals surface area (Å²) >= 11 is 0. The molecule has 1 aromatic heterocycles. The first-order valence-electron chi connectivity index (χ1n) is 9.09. The smallest absolute Gasteiger partial charge is 0.245 e. The molecule has 1 aliphatic rings. The molecule has 0 saturated heterocycles. The maximum atomic E-state index is 12.9. The van der Waals surface area contributed by atoms with Gasteiger partial charge in [0.2, 0.25) is 5.91 Å². The number of hydrogen-bond acceptors (Lipinski definition) is 7. The van der Waals surface area contributed by atoms with Crippen LogP contribution in [0.15, 0.2) is 34.5 Å². The van der Waals surface area contributed by atoms with Crippen LogP contribution in [0.25, 0.3) is 0 Å². The van der Waals surface area contributed by atoms with E-state index in [0.29, 0.717) is 38.1 Å². The number of ether oxygens (including phenoxy) is 1. The first kappa shape index (κ1) is 19.5. The zero-order valence-electron chi connectivity index (χ0n) is 16.0. The highest BCUT2D eigenvalue weighted by molar-refractivity contribution is 5.80. The normalized spacial score (nSPS) is 14.9. The van der Waals surface area contributed by atoms with Gasteiger partial charge in [0.1, 0.15) is 17.6 Å². The van der Waals surface area contributed by atoms with Gasteiger partial charge >= 0.3 is 0 Å². The summed E-state index contributed by atoms with van der Waals surface area (Å²) in [5.74, 6) is 3.74. The number of carbonyl (C=O) groups excluding carboxylic acids is 1. The van der Waals surface area contributed by atoms with Gasteiger partial charge in [0, 0.05) is 32.2 Å². The fourth-order valence-corrected chi connectivity index (χ4v) is 3.01. The largest absolute Gasteiger partial charge is 0.497 e. The minimum Gasteiger partial charge on any atom is -0.497 e. The lowest BCUT2D eigenvalue weighted by Crippen LogP contribution is -2.36. The number of carbonyl (C=O) groups is 1. The van der Waals surface area contributed by atoms with Gasteiger partial charge in [-0.05, 0) is 35.0 Å². The van der Waals surface area contributed by atoms with Crippen LogP contribution in [0, 0.1) is 19.3 Å². The molecule has 146 valence electrons. The van der Waals surface area contributed by atoms with Crippen molar-refractivity contribution in [2.45, 2.75) is 44.3 Å². The van der Waals surface area contributed by atoms with Crippen molar-refractivity contribution < 1.29 is 9.53 Å². The molecule has 28 heavy (non-hydrogen) atoms. The molecular weight excluding hydrogens is 358 g/mol. The number of hydrogen-bond donors (Lipinski definition) is 1. The molecule has 1 atom stereocenters. The number of aromatic nitrogens is 4. The predicted molar refractivity (Wildman–Crippen MR) is 102 cm³/mol.